The molecular formula is C25H29FN4OS. The molecule has 0 unspecified atom stereocenters. The third-order valence-electron chi connectivity index (χ3n) is 6.79. The number of rotatable bonds is 4. The third-order valence-corrected chi connectivity index (χ3v) is 7.59. The summed E-state index contributed by atoms with van der Waals surface area (Å²) in [5, 5.41) is 4.12. The number of aryl methyl sites for hydroxylation is 1. The highest BCUT2D eigenvalue weighted by atomic mass is 32.1. The second kappa shape index (κ2) is 8.12. The summed E-state index contributed by atoms with van der Waals surface area (Å²) in [5.74, 6) is 0.884. The van der Waals surface area contributed by atoms with Crippen LogP contribution in [-0.4, -0.2) is 47.9 Å². The lowest BCUT2D eigenvalue weighted by atomic mass is 9.76. The van der Waals surface area contributed by atoms with Crippen LogP contribution in [-0.2, 0) is 16.6 Å². The summed E-state index contributed by atoms with van der Waals surface area (Å²) < 4.78 is 19.0. The van der Waals surface area contributed by atoms with Crippen LogP contribution in [0.15, 0.2) is 30.3 Å². The van der Waals surface area contributed by atoms with E-state index < -0.39 is 0 Å². The summed E-state index contributed by atoms with van der Waals surface area (Å²) in [6.45, 7) is 11.3. The minimum atomic E-state index is -0.208. The number of nitrogens with zero attached hydrogens (tertiary/aromatic N) is 3. The lowest BCUT2D eigenvalue weighted by molar-refractivity contribution is -0.117. The molecule has 0 atom stereocenters. The molecule has 1 amide bonds. The molecule has 2 aliphatic rings. The number of hydrogen-bond acceptors (Lipinski definition) is 5. The monoisotopic (exact) mass is 452 g/mol. The van der Waals surface area contributed by atoms with Crippen molar-refractivity contribution in [3.8, 4) is 0 Å². The van der Waals surface area contributed by atoms with E-state index in [0.717, 1.165) is 66.3 Å². The van der Waals surface area contributed by atoms with Gasteiger partial charge in [-0.1, -0.05) is 26.0 Å². The molecule has 2 aliphatic heterocycles. The van der Waals surface area contributed by atoms with Gasteiger partial charge in [0.15, 0.2) is 0 Å². The largest absolute Gasteiger partial charge is 0.353 e. The molecule has 1 saturated heterocycles. The number of fused-ring (bicyclic) bond motifs is 2. The first-order valence-electron chi connectivity index (χ1n) is 11.3. The molecule has 0 bridgehead atoms. The second-order valence-corrected chi connectivity index (χ2v) is 10.5. The van der Waals surface area contributed by atoms with Crippen LogP contribution in [0, 0.1) is 12.7 Å². The number of aromatic nitrogens is 1. The van der Waals surface area contributed by atoms with Crippen LogP contribution in [0.4, 0.5) is 15.9 Å². The SMILES string of the molecule is Cc1cc(CCN2CCN(c3nsc4cc(F)ccc34)CC2)cc2c1NC(=O)CC2(C)C. The standard InChI is InChI=1S/C25H29FN4OS/c1-16-12-17(13-20-23(16)27-22(31)15-25(20,2)3)6-7-29-8-10-30(11-9-29)24-19-5-4-18(26)14-21(19)32-28-24/h4-5,12-14H,6-11,15H2,1-3H3,(H,27,31). The van der Waals surface area contributed by atoms with Gasteiger partial charge in [0, 0.05) is 55.6 Å². The zero-order chi connectivity index (χ0) is 22.5. The third kappa shape index (κ3) is 3.99. The predicted molar refractivity (Wildman–Crippen MR) is 129 cm³/mol. The van der Waals surface area contributed by atoms with E-state index in [9.17, 15) is 9.18 Å². The van der Waals surface area contributed by atoms with Gasteiger partial charge in [-0.05, 0) is 59.8 Å². The van der Waals surface area contributed by atoms with Crippen molar-refractivity contribution in [1.82, 2.24) is 9.27 Å². The maximum Gasteiger partial charge on any atom is 0.225 e. The first kappa shape index (κ1) is 21.3. The van der Waals surface area contributed by atoms with Gasteiger partial charge in [0.25, 0.3) is 0 Å². The quantitative estimate of drug-likeness (QED) is 0.622. The van der Waals surface area contributed by atoms with Gasteiger partial charge in [-0.15, -0.1) is 0 Å². The van der Waals surface area contributed by atoms with Gasteiger partial charge < -0.3 is 10.2 Å². The minimum absolute atomic E-state index is 0.106. The fourth-order valence-electron chi connectivity index (χ4n) is 4.98. The van der Waals surface area contributed by atoms with E-state index in [1.807, 2.05) is 6.07 Å². The summed E-state index contributed by atoms with van der Waals surface area (Å²) in [5.41, 5.74) is 4.60. The van der Waals surface area contributed by atoms with E-state index in [-0.39, 0.29) is 17.1 Å². The zero-order valence-electron chi connectivity index (χ0n) is 18.9. The number of hydrogen-bond donors (Lipinski definition) is 1. The maximum absolute atomic E-state index is 13.5. The van der Waals surface area contributed by atoms with Crippen molar-refractivity contribution in [2.24, 2.45) is 0 Å². The number of anilines is 2. The molecule has 0 saturated carbocycles. The highest BCUT2D eigenvalue weighted by molar-refractivity contribution is 7.13. The summed E-state index contributed by atoms with van der Waals surface area (Å²) >= 11 is 1.37. The van der Waals surface area contributed by atoms with Crippen LogP contribution in [0.25, 0.3) is 10.1 Å². The Morgan fingerprint density at radius 1 is 1.16 bits per heavy atom. The Bertz CT molecular complexity index is 1180. The molecule has 5 rings (SSSR count). The van der Waals surface area contributed by atoms with Crippen LogP contribution in [0.3, 0.4) is 0 Å². The molecule has 0 aliphatic carbocycles. The Labute approximate surface area is 192 Å². The first-order chi connectivity index (χ1) is 15.3. The molecule has 3 aromatic rings. The van der Waals surface area contributed by atoms with Gasteiger partial charge >= 0.3 is 0 Å². The molecule has 0 spiro atoms. The number of amides is 1. The lowest BCUT2D eigenvalue weighted by Crippen LogP contribution is -2.47. The topological polar surface area (TPSA) is 48.5 Å². The van der Waals surface area contributed by atoms with Crippen molar-refractivity contribution in [3.05, 3.63) is 52.8 Å². The number of benzene rings is 2. The Morgan fingerprint density at radius 2 is 1.94 bits per heavy atom. The van der Waals surface area contributed by atoms with E-state index in [1.54, 1.807) is 6.07 Å². The van der Waals surface area contributed by atoms with Gasteiger partial charge in [-0.3, -0.25) is 9.69 Å². The van der Waals surface area contributed by atoms with Crippen LogP contribution in [0.5, 0.6) is 0 Å². The van der Waals surface area contributed by atoms with Crippen molar-refractivity contribution in [2.45, 2.75) is 39.0 Å². The Morgan fingerprint density at radius 3 is 2.72 bits per heavy atom. The van der Waals surface area contributed by atoms with Crippen molar-refractivity contribution in [3.63, 3.8) is 0 Å². The summed E-state index contributed by atoms with van der Waals surface area (Å²) in [7, 11) is 0. The number of nitrogens with one attached hydrogen (secondary N) is 1. The molecule has 7 heteroatoms. The smallest absolute Gasteiger partial charge is 0.225 e. The molecule has 5 nitrogen and oxygen atoms in total. The Kier molecular flexibility index (Phi) is 5.42. The van der Waals surface area contributed by atoms with E-state index >= 15 is 0 Å². The van der Waals surface area contributed by atoms with Crippen molar-refractivity contribution in [1.29, 1.82) is 0 Å². The van der Waals surface area contributed by atoms with Gasteiger partial charge in [0.2, 0.25) is 5.91 Å². The average Bonchev–Trinajstić information content (AvgIpc) is 3.16. The molecule has 2 aromatic carbocycles. The number of carbonyl (C=O) groups excluding carboxylic acids is 1. The van der Waals surface area contributed by atoms with Gasteiger partial charge in [-0.25, -0.2) is 4.39 Å². The Balaban J connectivity index is 1.23. The summed E-state index contributed by atoms with van der Waals surface area (Å²) in [4.78, 5) is 16.9. The molecule has 168 valence electrons. The van der Waals surface area contributed by atoms with Crippen molar-refractivity contribution >= 4 is 39.0 Å². The molecule has 1 aromatic heterocycles. The van der Waals surface area contributed by atoms with Crippen molar-refractivity contribution in [2.75, 3.05) is 42.9 Å². The van der Waals surface area contributed by atoms with E-state index in [4.69, 9.17) is 0 Å². The second-order valence-electron chi connectivity index (χ2n) is 9.67. The van der Waals surface area contributed by atoms with Crippen LogP contribution >= 0.6 is 11.5 Å². The molecule has 1 N–H and O–H groups in total. The van der Waals surface area contributed by atoms with Gasteiger partial charge in [0.05, 0.1) is 4.70 Å². The highest BCUT2D eigenvalue weighted by Gasteiger charge is 2.33. The average molecular weight is 453 g/mol. The summed E-state index contributed by atoms with van der Waals surface area (Å²) in [6, 6.07) is 9.44. The van der Waals surface area contributed by atoms with Crippen LogP contribution in [0.2, 0.25) is 0 Å². The van der Waals surface area contributed by atoms with Crippen LogP contribution < -0.4 is 10.2 Å². The fourth-order valence-corrected chi connectivity index (χ4v) is 5.80. The van der Waals surface area contributed by atoms with Gasteiger partial charge in [0.1, 0.15) is 11.6 Å². The molecule has 32 heavy (non-hydrogen) atoms. The lowest BCUT2D eigenvalue weighted by Gasteiger charge is -2.35. The van der Waals surface area contributed by atoms with Crippen LogP contribution in [0.1, 0.15) is 37.0 Å². The van der Waals surface area contributed by atoms with E-state index in [2.05, 4.69) is 52.4 Å². The first-order valence-corrected chi connectivity index (χ1v) is 12.0. The molecular weight excluding hydrogens is 423 g/mol. The summed E-state index contributed by atoms with van der Waals surface area (Å²) in [6.07, 6.45) is 1.53. The van der Waals surface area contributed by atoms with Gasteiger partial charge in [-0.2, -0.15) is 4.37 Å². The van der Waals surface area contributed by atoms with E-state index in [0.29, 0.717) is 6.42 Å². The zero-order valence-corrected chi connectivity index (χ0v) is 19.7. The predicted octanol–water partition coefficient (Wildman–Crippen LogP) is 4.73. The number of halogens is 1. The van der Waals surface area contributed by atoms with E-state index in [1.165, 1.54) is 28.7 Å². The normalized spacial score (nSPS) is 18.6. The Hall–Kier alpha value is -2.51. The number of piperazine rings is 1. The molecule has 0 radical (unpaired) electrons. The minimum Gasteiger partial charge on any atom is -0.353 e. The fraction of sp³-hybridized carbons (Fsp3) is 0.440. The maximum atomic E-state index is 13.5. The molecule has 1 fully saturated rings. The van der Waals surface area contributed by atoms with Crippen molar-refractivity contribution < 1.29 is 9.18 Å². The highest BCUT2D eigenvalue weighted by Crippen LogP contribution is 2.39. The number of carbonyl (C=O) groups is 1. The molecule has 3 heterocycles.